The van der Waals surface area contributed by atoms with Gasteiger partial charge in [0.15, 0.2) is 11.1 Å². The second-order valence-corrected chi connectivity index (χ2v) is 4.59. The van der Waals surface area contributed by atoms with E-state index < -0.39 is 23.8 Å². The summed E-state index contributed by atoms with van der Waals surface area (Å²) in [6, 6.07) is 0. The van der Waals surface area contributed by atoms with Crippen molar-refractivity contribution in [2.45, 2.75) is 24.3 Å². The fourth-order valence-corrected chi connectivity index (χ4v) is 2.14. The third-order valence-electron chi connectivity index (χ3n) is 2.22. The van der Waals surface area contributed by atoms with E-state index in [9.17, 15) is 17.4 Å². The number of nitrogens with zero attached hydrogens (tertiary/aromatic N) is 1. The fraction of sp³-hybridized carbons (Fsp3) is 1.00. The van der Waals surface area contributed by atoms with Crippen LogP contribution in [-0.4, -0.2) is 44.7 Å². The van der Waals surface area contributed by atoms with E-state index in [0.29, 0.717) is 12.8 Å². The van der Waals surface area contributed by atoms with Crippen molar-refractivity contribution in [1.29, 1.82) is 0 Å². The van der Waals surface area contributed by atoms with Crippen LogP contribution in [-0.2, 0) is 11.1 Å². The van der Waals surface area contributed by atoms with Gasteiger partial charge in [-0.05, 0) is 25.9 Å². The first-order valence-corrected chi connectivity index (χ1v) is 5.44. The zero-order valence-electron chi connectivity index (χ0n) is 7.46. The van der Waals surface area contributed by atoms with Crippen molar-refractivity contribution >= 4 is 11.1 Å². The van der Waals surface area contributed by atoms with Gasteiger partial charge in [-0.2, -0.15) is 13.2 Å². The zero-order valence-corrected chi connectivity index (χ0v) is 8.27. The predicted octanol–water partition coefficient (Wildman–Crippen LogP) is 1.23. The molecule has 3 nitrogen and oxygen atoms in total. The van der Waals surface area contributed by atoms with E-state index in [1.54, 1.807) is 0 Å². The highest BCUT2D eigenvalue weighted by Gasteiger charge is 2.33. The maximum absolute atomic E-state index is 11.9. The number of rotatable bonds is 2. The first kappa shape index (κ1) is 11.9. The quantitative estimate of drug-likeness (QED) is 0.727. The van der Waals surface area contributed by atoms with Crippen molar-refractivity contribution in [2.75, 3.05) is 19.6 Å². The van der Waals surface area contributed by atoms with Crippen LogP contribution in [0.15, 0.2) is 0 Å². The monoisotopic (exact) mass is 231 g/mol. The van der Waals surface area contributed by atoms with Crippen molar-refractivity contribution in [3.8, 4) is 0 Å². The molecule has 1 N–H and O–H groups in total. The summed E-state index contributed by atoms with van der Waals surface area (Å²) >= 11 is -1.90. The van der Waals surface area contributed by atoms with Gasteiger partial charge in [0.1, 0.15) is 0 Å². The average Bonchev–Trinajstić information content (AvgIpc) is 2.02. The van der Waals surface area contributed by atoms with Crippen LogP contribution in [0.5, 0.6) is 0 Å². The molecule has 1 aliphatic rings. The third-order valence-corrected chi connectivity index (χ3v) is 3.26. The van der Waals surface area contributed by atoms with Crippen LogP contribution in [0.3, 0.4) is 0 Å². The van der Waals surface area contributed by atoms with Crippen LogP contribution in [0.4, 0.5) is 13.2 Å². The van der Waals surface area contributed by atoms with Crippen LogP contribution >= 0.6 is 0 Å². The van der Waals surface area contributed by atoms with E-state index in [4.69, 9.17) is 4.55 Å². The molecule has 1 fully saturated rings. The van der Waals surface area contributed by atoms with Crippen molar-refractivity contribution in [3.05, 3.63) is 0 Å². The molecule has 7 heteroatoms. The molecule has 1 saturated heterocycles. The lowest BCUT2D eigenvalue weighted by atomic mass is 10.1. The molecule has 1 atom stereocenters. The molecular formula is C7H12F3NO2S. The maximum atomic E-state index is 11.9. The molecule has 0 aromatic heterocycles. The van der Waals surface area contributed by atoms with E-state index in [-0.39, 0.29) is 18.3 Å². The molecule has 1 unspecified atom stereocenters. The smallest absolute Gasteiger partial charge is 0.306 e. The Morgan fingerprint density at radius 1 is 1.36 bits per heavy atom. The van der Waals surface area contributed by atoms with Crippen molar-refractivity contribution in [1.82, 2.24) is 4.90 Å². The van der Waals surface area contributed by atoms with Gasteiger partial charge in [-0.15, -0.1) is 0 Å². The summed E-state index contributed by atoms with van der Waals surface area (Å²) in [6.45, 7) is -0.426. The minimum absolute atomic E-state index is 0.247. The number of alkyl halides is 3. The Bertz CT molecular complexity index is 213. The molecule has 84 valence electrons. The van der Waals surface area contributed by atoms with Gasteiger partial charge in [0.05, 0.1) is 11.8 Å². The zero-order chi connectivity index (χ0) is 10.8. The highest BCUT2D eigenvalue weighted by atomic mass is 32.2. The molecule has 0 radical (unpaired) electrons. The number of hydrogen-bond donors (Lipinski definition) is 1. The van der Waals surface area contributed by atoms with Crippen LogP contribution < -0.4 is 0 Å². The second kappa shape index (κ2) is 4.59. The van der Waals surface area contributed by atoms with E-state index in [2.05, 4.69) is 0 Å². The van der Waals surface area contributed by atoms with Crippen LogP contribution in [0.1, 0.15) is 12.8 Å². The topological polar surface area (TPSA) is 40.5 Å². The molecule has 1 rings (SSSR count). The van der Waals surface area contributed by atoms with Crippen LogP contribution in [0, 0.1) is 0 Å². The Balaban J connectivity index is 2.33. The second-order valence-electron chi connectivity index (χ2n) is 3.37. The molecule has 0 aromatic carbocycles. The fourth-order valence-electron chi connectivity index (χ4n) is 1.52. The number of likely N-dealkylation sites (tertiary alicyclic amines) is 1. The van der Waals surface area contributed by atoms with Gasteiger partial charge in [-0.25, -0.2) is 4.21 Å². The predicted molar refractivity (Wildman–Crippen MR) is 46.3 cm³/mol. The van der Waals surface area contributed by atoms with Gasteiger partial charge in [0.2, 0.25) is 0 Å². The minimum atomic E-state index is -4.18. The molecule has 0 aromatic rings. The Kier molecular flexibility index (Phi) is 3.91. The van der Waals surface area contributed by atoms with Gasteiger partial charge in [0.25, 0.3) is 0 Å². The Hall–Kier alpha value is -0.140. The lowest BCUT2D eigenvalue weighted by Gasteiger charge is -2.30. The normalized spacial score (nSPS) is 23.7. The largest absolute Gasteiger partial charge is 0.401 e. The summed E-state index contributed by atoms with van der Waals surface area (Å²) < 4.78 is 55.2. The van der Waals surface area contributed by atoms with Crippen LogP contribution in [0.25, 0.3) is 0 Å². The van der Waals surface area contributed by atoms with Gasteiger partial charge in [-0.1, -0.05) is 0 Å². The van der Waals surface area contributed by atoms with Gasteiger partial charge >= 0.3 is 6.18 Å². The SMILES string of the molecule is O=S(O)C1CCN(CC(F)(F)F)CC1. The molecule has 0 saturated carbocycles. The molecule has 0 spiro atoms. The summed E-state index contributed by atoms with van der Waals surface area (Å²) in [5.41, 5.74) is 0. The van der Waals surface area contributed by atoms with Gasteiger partial charge in [-0.3, -0.25) is 4.90 Å². The first-order chi connectivity index (χ1) is 6.38. The lowest BCUT2D eigenvalue weighted by molar-refractivity contribution is -0.147. The summed E-state index contributed by atoms with van der Waals surface area (Å²) in [4.78, 5) is 1.27. The molecule has 1 heterocycles. The highest BCUT2D eigenvalue weighted by molar-refractivity contribution is 7.79. The van der Waals surface area contributed by atoms with E-state index in [0.717, 1.165) is 0 Å². The lowest BCUT2D eigenvalue weighted by Crippen LogP contribution is -2.42. The van der Waals surface area contributed by atoms with E-state index in [1.165, 1.54) is 4.90 Å². The summed E-state index contributed by atoms with van der Waals surface area (Å²) in [6.07, 6.45) is -3.45. The number of halogens is 3. The Morgan fingerprint density at radius 2 is 1.86 bits per heavy atom. The van der Waals surface area contributed by atoms with E-state index >= 15 is 0 Å². The summed E-state index contributed by atoms with van der Waals surface area (Å²) in [5, 5.41) is -0.362. The Labute approximate surface area is 82.6 Å². The first-order valence-electron chi connectivity index (χ1n) is 4.27. The Morgan fingerprint density at radius 3 is 2.21 bits per heavy atom. The van der Waals surface area contributed by atoms with Crippen molar-refractivity contribution in [2.24, 2.45) is 0 Å². The maximum Gasteiger partial charge on any atom is 0.401 e. The van der Waals surface area contributed by atoms with Gasteiger partial charge < -0.3 is 4.55 Å². The minimum Gasteiger partial charge on any atom is -0.306 e. The number of hydrogen-bond acceptors (Lipinski definition) is 2. The molecule has 1 aliphatic heterocycles. The number of piperidine rings is 1. The van der Waals surface area contributed by atoms with Gasteiger partial charge in [0, 0.05) is 0 Å². The third kappa shape index (κ3) is 3.93. The van der Waals surface area contributed by atoms with Crippen molar-refractivity contribution in [3.63, 3.8) is 0 Å². The molecule has 0 aliphatic carbocycles. The van der Waals surface area contributed by atoms with E-state index in [1.807, 2.05) is 0 Å². The standard InChI is InChI=1S/C7H12F3NO2S/c8-7(9,10)5-11-3-1-6(2-4-11)14(12)13/h6H,1-5H2,(H,12,13). The van der Waals surface area contributed by atoms with Crippen molar-refractivity contribution < 1.29 is 21.9 Å². The molecule has 0 amide bonds. The summed E-state index contributed by atoms with van der Waals surface area (Å²) in [7, 11) is 0. The molecular weight excluding hydrogens is 219 g/mol. The highest BCUT2D eigenvalue weighted by Crippen LogP contribution is 2.21. The molecule has 14 heavy (non-hydrogen) atoms. The summed E-state index contributed by atoms with van der Waals surface area (Å²) in [5.74, 6) is 0. The average molecular weight is 231 g/mol. The van der Waals surface area contributed by atoms with Crippen LogP contribution in [0.2, 0.25) is 0 Å². The molecule has 0 bridgehead atoms.